The van der Waals surface area contributed by atoms with Gasteiger partial charge >= 0.3 is 0 Å². The van der Waals surface area contributed by atoms with E-state index in [2.05, 4.69) is 17.2 Å². The van der Waals surface area contributed by atoms with Gasteiger partial charge < -0.3 is 19.8 Å². The SMILES string of the molecule is C=C(CCNC(=O)c1cc(C)co1)NC(=O)COc1ccc(C)c(C)c1. The van der Waals surface area contributed by atoms with E-state index < -0.39 is 0 Å². The average molecular weight is 356 g/mol. The second-order valence-electron chi connectivity index (χ2n) is 6.18. The number of carbonyl (C=O) groups excluding carboxylic acids is 2. The molecule has 1 aromatic carbocycles. The molecule has 26 heavy (non-hydrogen) atoms. The van der Waals surface area contributed by atoms with Crippen LogP contribution in [0.3, 0.4) is 0 Å². The molecule has 0 bridgehead atoms. The molecular weight excluding hydrogens is 332 g/mol. The van der Waals surface area contributed by atoms with E-state index in [-0.39, 0.29) is 24.2 Å². The number of ether oxygens (including phenoxy) is 1. The van der Waals surface area contributed by atoms with Gasteiger partial charge in [0.1, 0.15) is 5.75 Å². The zero-order chi connectivity index (χ0) is 19.1. The van der Waals surface area contributed by atoms with Crippen LogP contribution in [-0.2, 0) is 4.79 Å². The summed E-state index contributed by atoms with van der Waals surface area (Å²) in [5.41, 5.74) is 3.67. The lowest BCUT2D eigenvalue weighted by molar-refractivity contribution is -0.122. The van der Waals surface area contributed by atoms with Crippen molar-refractivity contribution < 1.29 is 18.7 Å². The molecule has 2 rings (SSSR count). The summed E-state index contributed by atoms with van der Waals surface area (Å²) in [7, 11) is 0. The van der Waals surface area contributed by atoms with Crippen molar-refractivity contribution in [3.05, 3.63) is 65.3 Å². The number of rotatable bonds is 8. The number of aryl methyl sites for hydroxylation is 3. The van der Waals surface area contributed by atoms with Crippen LogP contribution < -0.4 is 15.4 Å². The number of furan rings is 1. The normalized spacial score (nSPS) is 10.3. The molecule has 0 aliphatic carbocycles. The van der Waals surface area contributed by atoms with E-state index in [9.17, 15) is 9.59 Å². The van der Waals surface area contributed by atoms with E-state index in [1.807, 2.05) is 39.0 Å². The summed E-state index contributed by atoms with van der Waals surface area (Å²) in [4.78, 5) is 23.7. The highest BCUT2D eigenvalue weighted by Crippen LogP contribution is 2.16. The molecule has 0 radical (unpaired) electrons. The van der Waals surface area contributed by atoms with Gasteiger partial charge in [-0.2, -0.15) is 0 Å². The number of hydrogen-bond donors (Lipinski definition) is 2. The Hall–Kier alpha value is -3.02. The maximum absolute atomic E-state index is 11.9. The summed E-state index contributed by atoms with van der Waals surface area (Å²) in [6, 6.07) is 7.33. The fourth-order valence-electron chi connectivity index (χ4n) is 2.21. The lowest BCUT2D eigenvalue weighted by Crippen LogP contribution is -2.30. The van der Waals surface area contributed by atoms with Crippen LogP contribution in [0, 0.1) is 20.8 Å². The van der Waals surface area contributed by atoms with Crippen molar-refractivity contribution in [3.8, 4) is 5.75 Å². The molecule has 6 nitrogen and oxygen atoms in total. The van der Waals surface area contributed by atoms with Gasteiger partial charge in [-0.05, 0) is 55.7 Å². The van der Waals surface area contributed by atoms with E-state index in [4.69, 9.17) is 9.15 Å². The van der Waals surface area contributed by atoms with Crippen molar-refractivity contribution in [2.24, 2.45) is 0 Å². The standard InChI is InChI=1S/C20H24N2O4/c1-13-9-18(26-11-13)20(24)21-8-7-16(4)22-19(23)12-25-17-6-5-14(2)15(3)10-17/h5-6,9-11H,4,7-8,12H2,1-3H3,(H,21,24)(H,22,23). The quantitative estimate of drug-likeness (QED) is 0.762. The van der Waals surface area contributed by atoms with E-state index in [1.165, 1.54) is 11.8 Å². The third-order valence-electron chi connectivity index (χ3n) is 3.83. The van der Waals surface area contributed by atoms with Crippen molar-refractivity contribution in [2.75, 3.05) is 13.2 Å². The Labute approximate surface area is 153 Å². The van der Waals surface area contributed by atoms with Gasteiger partial charge in [0.25, 0.3) is 11.8 Å². The maximum Gasteiger partial charge on any atom is 0.286 e. The first-order valence-corrected chi connectivity index (χ1v) is 8.36. The van der Waals surface area contributed by atoms with Crippen LogP contribution >= 0.6 is 0 Å². The maximum atomic E-state index is 11.9. The van der Waals surface area contributed by atoms with Gasteiger partial charge in [-0.15, -0.1) is 0 Å². The molecular formula is C20H24N2O4. The molecule has 0 aliphatic rings. The molecule has 0 saturated carbocycles. The highest BCUT2D eigenvalue weighted by Gasteiger charge is 2.10. The molecule has 0 fully saturated rings. The summed E-state index contributed by atoms with van der Waals surface area (Å²) in [6.45, 7) is 9.88. The number of amides is 2. The molecule has 0 atom stereocenters. The van der Waals surface area contributed by atoms with Gasteiger partial charge in [0.05, 0.1) is 6.26 Å². The zero-order valence-corrected chi connectivity index (χ0v) is 15.3. The predicted octanol–water partition coefficient (Wildman–Crippen LogP) is 3.03. The fraction of sp³-hybridized carbons (Fsp3) is 0.300. The minimum absolute atomic E-state index is 0.0977. The summed E-state index contributed by atoms with van der Waals surface area (Å²) in [5.74, 6) is 0.324. The van der Waals surface area contributed by atoms with Gasteiger partial charge in [0.15, 0.2) is 12.4 Å². The molecule has 0 unspecified atom stereocenters. The van der Waals surface area contributed by atoms with Crippen molar-refractivity contribution in [1.29, 1.82) is 0 Å². The number of nitrogens with one attached hydrogen (secondary N) is 2. The largest absolute Gasteiger partial charge is 0.484 e. The van der Waals surface area contributed by atoms with Gasteiger partial charge in [-0.1, -0.05) is 12.6 Å². The average Bonchev–Trinajstić information content (AvgIpc) is 3.02. The fourth-order valence-corrected chi connectivity index (χ4v) is 2.21. The van der Waals surface area contributed by atoms with E-state index in [1.54, 1.807) is 6.07 Å². The lowest BCUT2D eigenvalue weighted by atomic mass is 10.1. The minimum atomic E-state index is -0.296. The lowest BCUT2D eigenvalue weighted by Gasteiger charge is -2.11. The van der Waals surface area contributed by atoms with Crippen LogP contribution in [0.2, 0.25) is 0 Å². The van der Waals surface area contributed by atoms with Crippen LogP contribution in [0.25, 0.3) is 0 Å². The molecule has 1 aromatic heterocycles. The zero-order valence-electron chi connectivity index (χ0n) is 15.3. The van der Waals surface area contributed by atoms with E-state index in [0.717, 1.165) is 11.1 Å². The van der Waals surface area contributed by atoms with Crippen LogP contribution in [0.1, 0.15) is 33.7 Å². The number of benzene rings is 1. The Balaban J connectivity index is 1.67. The van der Waals surface area contributed by atoms with Crippen LogP contribution in [-0.4, -0.2) is 25.0 Å². The van der Waals surface area contributed by atoms with E-state index in [0.29, 0.717) is 24.4 Å². The molecule has 0 spiro atoms. The number of hydrogen-bond acceptors (Lipinski definition) is 4. The number of carbonyl (C=O) groups is 2. The molecule has 0 saturated heterocycles. The van der Waals surface area contributed by atoms with Crippen molar-refractivity contribution >= 4 is 11.8 Å². The highest BCUT2D eigenvalue weighted by molar-refractivity contribution is 5.91. The van der Waals surface area contributed by atoms with Gasteiger partial charge in [-0.25, -0.2) is 0 Å². The Morgan fingerprint density at radius 2 is 1.92 bits per heavy atom. The second kappa shape index (κ2) is 8.89. The molecule has 138 valence electrons. The van der Waals surface area contributed by atoms with Crippen LogP contribution in [0.4, 0.5) is 0 Å². The predicted molar refractivity (Wildman–Crippen MR) is 99.1 cm³/mol. The van der Waals surface area contributed by atoms with Crippen molar-refractivity contribution in [2.45, 2.75) is 27.2 Å². The second-order valence-corrected chi connectivity index (χ2v) is 6.18. The molecule has 0 aliphatic heterocycles. The summed E-state index contributed by atoms with van der Waals surface area (Å²) >= 11 is 0. The molecule has 1 heterocycles. The highest BCUT2D eigenvalue weighted by atomic mass is 16.5. The first-order chi connectivity index (χ1) is 12.3. The summed E-state index contributed by atoms with van der Waals surface area (Å²) < 4.78 is 10.6. The Morgan fingerprint density at radius 1 is 1.15 bits per heavy atom. The van der Waals surface area contributed by atoms with Crippen molar-refractivity contribution in [1.82, 2.24) is 10.6 Å². The summed E-state index contributed by atoms with van der Waals surface area (Å²) in [5, 5.41) is 5.37. The summed E-state index contributed by atoms with van der Waals surface area (Å²) in [6.07, 6.45) is 1.93. The van der Waals surface area contributed by atoms with Gasteiger partial charge in [-0.3, -0.25) is 9.59 Å². The van der Waals surface area contributed by atoms with Gasteiger partial charge in [0.2, 0.25) is 0 Å². The molecule has 2 aromatic rings. The smallest absolute Gasteiger partial charge is 0.286 e. The molecule has 2 N–H and O–H groups in total. The van der Waals surface area contributed by atoms with E-state index >= 15 is 0 Å². The third kappa shape index (κ3) is 5.81. The topological polar surface area (TPSA) is 80.6 Å². The Kier molecular flexibility index (Phi) is 6.60. The monoisotopic (exact) mass is 356 g/mol. The van der Waals surface area contributed by atoms with Crippen molar-refractivity contribution in [3.63, 3.8) is 0 Å². The third-order valence-corrected chi connectivity index (χ3v) is 3.83. The molecule has 2 amide bonds. The molecule has 6 heteroatoms. The first-order valence-electron chi connectivity index (χ1n) is 8.36. The van der Waals surface area contributed by atoms with Crippen LogP contribution in [0.15, 0.2) is 47.2 Å². The first kappa shape index (κ1) is 19.3. The van der Waals surface area contributed by atoms with Gasteiger partial charge in [0, 0.05) is 18.7 Å². The Bertz CT molecular complexity index is 808. The van der Waals surface area contributed by atoms with Crippen LogP contribution in [0.5, 0.6) is 5.75 Å². The minimum Gasteiger partial charge on any atom is -0.484 e. The Morgan fingerprint density at radius 3 is 2.58 bits per heavy atom.